The number of carbonyl (C=O) groups excluding carboxylic acids is 1. The normalized spacial score (nSPS) is 23.6. The Morgan fingerprint density at radius 2 is 1.80 bits per heavy atom. The Labute approximate surface area is 121 Å². The van der Waals surface area contributed by atoms with Gasteiger partial charge in [-0.15, -0.1) is 0 Å². The van der Waals surface area contributed by atoms with Gasteiger partial charge in [-0.25, -0.2) is 0 Å². The van der Waals surface area contributed by atoms with E-state index in [9.17, 15) is 9.90 Å². The van der Waals surface area contributed by atoms with Crippen LogP contribution in [-0.2, 0) is 9.53 Å². The summed E-state index contributed by atoms with van der Waals surface area (Å²) < 4.78 is 5.28. The van der Waals surface area contributed by atoms with Crippen molar-refractivity contribution in [2.75, 3.05) is 46.4 Å². The van der Waals surface area contributed by atoms with Gasteiger partial charge in [0.2, 0.25) is 5.91 Å². The lowest BCUT2D eigenvalue weighted by Gasteiger charge is -2.35. The van der Waals surface area contributed by atoms with Crippen molar-refractivity contribution in [2.24, 2.45) is 0 Å². The first-order valence-corrected chi connectivity index (χ1v) is 7.86. The number of likely N-dealkylation sites (N-methyl/N-ethyl adjacent to an activating group) is 1. The predicted molar refractivity (Wildman–Crippen MR) is 77.5 cm³/mol. The van der Waals surface area contributed by atoms with Gasteiger partial charge in [0.15, 0.2) is 0 Å². The molecular formula is C15H28N2O3. The molecule has 0 radical (unpaired) electrons. The molecule has 116 valence electrons. The summed E-state index contributed by atoms with van der Waals surface area (Å²) in [7, 11) is 1.92. The predicted octanol–water partition coefficient (Wildman–Crippen LogP) is 0.862. The largest absolute Gasteiger partial charge is 0.388 e. The van der Waals surface area contributed by atoms with Crippen molar-refractivity contribution in [1.29, 1.82) is 0 Å². The van der Waals surface area contributed by atoms with E-state index in [0.717, 1.165) is 25.9 Å². The smallest absolute Gasteiger partial charge is 0.236 e. The van der Waals surface area contributed by atoms with Gasteiger partial charge >= 0.3 is 0 Å². The molecule has 0 atom stereocenters. The summed E-state index contributed by atoms with van der Waals surface area (Å²) in [5.41, 5.74) is -0.688. The molecule has 5 nitrogen and oxygen atoms in total. The van der Waals surface area contributed by atoms with E-state index in [-0.39, 0.29) is 5.91 Å². The Morgan fingerprint density at radius 3 is 2.40 bits per heavy atom. The van der Waals surface area contributed by atoms with Gasteiger partial charge < -0.3 is 14.7 Å². The maximum absolute atomic E-state index is 12.3. The number of carbonyl (C=O) groups is 1. The third-order valence-corrected chi connectivity index (χ3v) is 4.35. The van der Waals surface area contributed by atoms with Crippen molar-refractivity contribution >= 4 is 5.91 Å². The number of amides is 1. The van der Waals surface area contributed by atoms with Crippen molar-refractivity contribution in [1.82, 2.24) is 9.80 Å². The Hall–Kier alpha value is -0.650. The maximum atomic E-state index is 12.3. The molecule has 20 heavy (non-hydrogen) atoms. The highest BCUT2D eigenvalue weighted by Gasteiger charge is 2.31. The fourth-order valence-electron chi connectivity index (χ4n) is 3.12. The van der Waals surface area contributed by atoms with Crippen LogP contribution >= 0.6 is 0 Å². The van der Waals surface area contributed by atoms with E-state index in [2.05, 4.69) is 0 Å². The van der Waals surface area contributed by atoms with Crippen molar-refractivity contribution in [3.63, 3.8) is 0 Å². The van der Waals surface area contributed by atoms with Crippen LogP contribution in [0.5, 0.6) is 0 Å². The number of likely N-dealkylation sites (tertiary alicyclic amines) is 1. The molecular weight excluding hydrogens is 256 g/mol. The van der Waals surface area contributed by atoms with Crippen molar-refractivity contribution in [3.05, 3.63) is 0 Å². The molecule has 0 saturated carbocycles. The molecule has 0 aromatic heterocycles. The Balaban J connectivity index is 1.77. The lowest BCUT2D eigenvalue weighted by molar-refractivity contribution is -0.133. The van der Waals surface area contributed by atoms with E-state index in [1.54, 1.807) is 0 Å². The first-order valence-electron chi connectivity index (χ1n) is 7.86. The average molecular weight is 284 g/mol. The molecule has 1 N–H and O–H groups in total. The van der Waals surface area contributed by atoms with Crippen LogP contribution in [0.15, 0.2) is 0 Å². The first-order chi connectivity index (χ1) is 9.59. The minimum absolute atomic E-state index is 0.199. The van der Waals surface area contributed by atoms with Crippen molar-refractivity contribution in [2.45, 2.75) is 44.1 Å². The average Bonchev–Trinajstić information content (AvgIpc) is 2.67. The summed E-state index contributed by atoms with van der Waals surface area (Å²) >= 11 is 0. The fraction of sp³-hybridized carbons (Fsp3) is 0.933. The van der Waals surface area contributed by atoms with Crippen molar-refractivity contribution < 1.29 is 14.6 Å². The summed E-state index contributed by atoms with van der Waals surface area (Å²) in [6.45, 7) is 3.98. The van der Waals surface area contributed by atoms with Crippen LogP contribution in [0.25, 0.3) is 0 Å². The van der Waals surface area contributed by atoms with E-state index in [1.165, 1.54) is 12.8 Å². The van der Waals surface area contributed by atoms with E-state index < -0.39 is 5.60 Å². The van der Waals surface area contributed by atoms with Crippen LogP contribution in [0.1, 0.15) is 38.5 Å². The molecule has 0 aromatic carbocycles. The van der Waals surface area contributed by atoms with Crippen LogP contribution in [0.2, 0.25) is 0 Å². The fourth-order valence-corrected chi connectivity index (χ4v) is 3.12. The van der Waals surface area contributed by atoms with Crippen LogP contribution < -0.4 is 0 Å². The van der Waals surface area contributed by atoms with Gasteiger partial charge in [0.1, 0.15) is 0 Å². The Morgan fingerprint density at radius 1 is 1.20 bits per heavy atom. The Bertz CT molecular complexity index is 308. The summed E-state index contributed by atoms with van der Waals surface area (Å²) in [6.07, 6.45) is 6.04. The van der Waals surface area contributed by atoms with E-state index in [4.69, 9.17) is 4.74 Å². The highest BCUT2D eigenvalue weighted by molar-refractivity contribution is 5.78. The van der Waals surface area contributed by atoms with Gasteiger partial charge in [-0.3, -0.25) is 9.69 Å². The molecule has 1 amide bonds. The van der Waals surface area contributed by atoms with E-state index >= 15 is 0 Å². The number of hydrogen-bond donors (Lipinski definition) is 1. The Kier molecular flexibility index (Phi) is 5.81. The van der Waals surface area contributed by atoms with E-state index in [0.29, 0.717) is 39.1 Å². The monoisotopic (exact) mass is 284 g/mol. The van der Waals surface area contributed by atoms with Gasteiger partial charge in [0, 0.05) is 45.7 Å². The maximum Gasteiger partial charge on any atom is 0.236 e. The van der Waals surface area contributed by atoms with Crippen LogP contribution in [0.4, 0.5) is 0 Å². The molecule has 0 aromatic rings. The molecule has 2 fully saturated rings. The second-order valence-electron chi connectivity index (χ2n) is 6.30. The molecule has 0 aliphatic carbocycles. The van der Waals surface area contributed by atoms with Gasteiger partial charge in [0.05, 0.1) is 12.1 Å². The number of rotatable bonds is 4. The van der Waals surface area contributed by atoms with E-state index in [1.807, 2.05) is 16.8 Å². The molecule has 2 aliphatic heterocycles. The third kappa shape index (κ3) is 4.72. The molecule has 2 heterocycles. The molecule has 0 bridgehead atoms. The minimum atomic E-state index is -0.688. The first kappa shape index (κ1) is 15.7. The van der Waals surface area contributed by atoms with Crippen LogP contribution in [0.3, 0.4) is 0 Å². The lowest BCUT2D eigenvalue weighted by atomic mass is 9.94. The lowest BCUT2D eigenvalue weighted by Crippen LogP contribution is -2.48. The number of ether oxygens (including phenoxy) is 1. The highest BCUT2D eigenvalue weighted by atomic mass is 16.5. The molecule has 2 rings (SSSR count). The minimum Gasteiger partial charge on any atom is -0.388 e. The zero-order chi connectivity index (χ0) is 14.4. The van der Waals surface area contributed by atoms with Crippen molar-refractivity contribution in [3.8, 4) is 0 Å². The molecule has 5 heteroatoms. The van der Waals surface area contributed by atoms with Gasteiger partial charge in [-0.2, -0.15) is 0 Å². The summed E-state index contributed by atoms with van der Waals surface area (Å²) in [4.78, 5) is 16.2. The van der Waals surface area contributed by atoms with Gasteiger partial charge in [-0.05, 0) is 19.9 Å². The summed E-state index contributed by atoms with van der Waals surface area (Å²) in [6, 6.07) is 0. The third-order valence-electron chi connectivity index (χ3n) is 4.35. The van der Waals surface area contributed by atoms with Crippen LogP contribution in [0, 0.1) is 0 Å². The summed E-state index contributed by atoms with van der Waals surface area (Å²) in [5.74, 6) is 0.199. The highest BCUT2D eigenvalue weighted by Crippen LogP contribution is 2.21. The topological polar surface area (TPSA) is 53.0 Å². The number of hydrogen-bond acceptors (Lipinski definition) is 4. The number of nitrogens with zero attached hydrogens (tertiary/aromatic N) is 2. The second-order valence-corrected chi connectivity index (χ2v) is 6.30. The molecule has 0 unspecified atom stereocenters. The van der Waals surface area contributed by atoms with Crippen LogP contribution in [-0.4, -0.2) is 72.9 Å². The van der Waals surface area contributed by atoms with Gasteiger partial charge in [-0.1, -0.05) is 12.8 Å². The molecule has 2 aliphatic rings. The SMILES string of the molecule is CN(CC(=O)N1CCCCCC1)CC1(O)CCOCC1. The quantitative estimate of drug-likeness (QED) is 0.832. The summed E-state index contributed by atoms with van der Waals surface area (Å²) in [5, 5.41) is 10.5. The number of aliphatic hydroxyl groups is 1. The molecule has 2 saturated heterocycles. The second kappa shape index (κ2) is 7.38. The zero-order valence-electron chi connectivity index (χ0n) is 12.6. The zero-order valence-corrected chi connectivity index (χ0v) is 12.6. The van der Waals surface area contributed by atoms with Gasteiger partial charge in [0.25, 0.3) is 0 Å². The standard InChI is InChI=1S/C15H28N2O3/c1-16(13-15(19)6-10-20-11-7-15)12-14(18)17-8-4-2-3-5-9-17/h19H,2-13H2,1H3. The molecule has 0 spiro atoms.